The summed E-state index contributed by atoms with van der Waals surface area (Å²) >= 11 is 6.41. The molecule has 4 aromatic rings. The van der Waals surface area contributed by atoms with Gasteiger partial charge >= 0.3 is 5.76 Å². The number of nitrogens with zero attached hydrogens (tertiary/aromatic N) is 6. The number of anilines is 1. The van der Waals surface area contributed by atoms with Crippen LogP contribution in [0.2, 0.25) is 5.02 Å². The zero-order chi connectivity index (χ0) is 25.5. The van der Waals surface area contributed by atoms with Crippen molar-refractivity contribution in [1.29, 1.82) is 0 Å². The van der Waals surface area contributed by atoms with Crippen molar-refractivity contribution < 1.29 is 4.52 Å². The van der Waals surface area contributed by atoms with Gasteiger partial charge in [0.2, 0.25) is 17.6 Å². The van der Waals surface area contributed by atoms with Gasteiger partial charge in [0, 0.05) is 42.8 Å². The Kier molecular flexibility index (Phi) is 6.46. The van der Waals surface area contributed by atoms with Crippen molar-refractivity contribution in [3.63, 3.8) is 0 Å². The molecular formula is C26H31ClN8O2. The van der Waals surface area contributed by atoms with Crippen LogP contribution in [0.25, 0.3) is 34.1 Å². The van der Waals surface area contributed by atoms with E-state index in [9.17, 15) is 4.79 Å². The minimum absolute atomic E-state index is 0.170. The Bertz CT molecular complexity index is 1470. The van der Waals surface area contributed by atoms with E-state index < -0.39 is 5.76 Å². The van der Waals surface area contributed by atoms with Crippen molar-refractivity contribution in [2.24, 2.45) is 11.8 Å². The first-order valence-electron chi connectivity index (χ1n) is 13.0. The van der Waals surface area contributed by atoms with Gasteiger partial charge in [-0.2, -0.15) is 4.98 Å². The Hall–Kier alpha value is -3.24. The summed E-state index contributed by atoms with van der Waals surface area (Å²) in [5.41, 5.74) is 2.99. The standard InChI is InChI=1S/C26H31ClN8O2/c1-15-6-8-17(9-7-15)14-35-21-20(18-4-3-5-19(27)12-18)29-23(24-32-26(36)37-33-24)30-22(21)31-25(35)34-11-10-28-13-16(34)2/h3-5,12,15-17,28H,6-11,13-14H2,1-2H3,(H,32,33,36)/t15?,16-,17?/m1/s1. The first-order valence-corrected chi connectivity index (χ1v) is 13.4. The Balaban J connectivity index is 1.58. The summed E-state index contributed by atoms with van der Waals surface area (Å²) in [5, 5.41) is 7.92. The molecule has 0 bridgehead atoms. The van der Waals surface area contributed by atoms with Gasteiger partial charge in [-0.05, 0) is 43.7 Å². The van der Waals surface area contributed by atoms with E-state index in [1.54, 1.807) is 0 Å². The van der Waals surface area contributed by atoms with Crippen LogP contribution in [0.15, 0.2) is 33.6 Å². The van der Waals surface area contributed by atoms with Gasteiger partial charge in [-0.15, -0.1) is 0 Å². The van der Waals surface area contributed by atoms with Gasteiger partial charge in [0.05, 0.1) is 0 Å². The highest BCUT2D eigenvalue weighted by Crippen LogP contribution is 2.36. The lowest BCUT2D eigenvalue weighted by molar-refractivity contribution is 0.266. The Morgan fingerprint density at radius 2 is 1.97 bits per heavy atom. The van der Waals surface area contributed by atoms with Gasteiger partial charge < -0.3 is 14.8 Å². The lowest BCUT2D eigenvalue weighted by atomic mass is 9.83. The molecule has 1 aliphatic heterocycles. The average molecular weight is 523 g/mol. The van der Waals surface area contributed by atoms with E-state index in [4.69, 9.17) is 31.1 Å². The quantitative estimate of drug-likeness (QED) is 0.402. The first-order chi connectivity index (χ1) is 18.0. The number of hydrogen-bond donors (Lipinski definition) is 2. The van der Waals surface area contributed by atoms with Crippen LogP contribution < -0.4 is 16.0 Å². The molecule has 1 saturated carbocycles. The fourth-order valence-electron chi connectivity index (χ4n) is 5.59. The van der Waals surface area contributed by atoms with Gasteiger partial charge in [-0.1, -0.05) is 48.7 Å². The smallest absolute Gasteiger partial charge is 0.337 e. The van der Waals surface area contributed by atoms with Crippen LogP contribution in [0.1, 0.15) is 39.5 Å². The van der Waals surface area contributed by atoms with Gasteiger partial charge in [-0.25, -0.2) is 14.8 Å². The van der Waals surface area contributed by atoms with Crippen LogP contribution in [0.3, 0.4) is 0 Å². The summed E-state index contributed by atoms with van der Waals surface area (Å²) in [6.45, 7) is 8.06. The second-order valence-corrected chi connectivity index (χ2v) is 10.9. The zero-order valence-electron chi connectivity index (χ0n) is 21.1. The molecule has 2 fully saturated rings. The molecule has 11 heteroatoms. The minimum atomic E-state index is -0.657. The Morgan fingerprint density at radius 3 is 2.70 bits per heavy atom. The molecule has 10 nitrogen and oxygen atoms in total. The molecule has 4 heterocycles. The van der Waals surface area contributed by atoms with Crippen LogP contribution in [0, 0.1) is 11.8 Å². The van der Waals surface area contributed by atoms with Gasteiger partial charge in [0.1, 0.15) is 11.2 Å². The second kappa shape index (κ2) is 9.90. The zero-order valence-corrected chi connectivity index (χ0v) is 21.8. The maximum absolute atomic E-state index is 11.7. The SMILES string of the molecule is CC1CCC(Cn2c(N3CCNC[C@H]3C)nc3nc(-c4noc(=O)[nH]4)nc(-c4cccc(Cl)c4)c32)CC1. The highest BCUT2D eigenvalue weighted by atomic mass is 35.5. The number of nitrogens with one attached hydrogen (secondary N) is 2. The molecule has 1 saturated heterocycles. The Morgan fingerprint density at radius 1 is 1.14 bits per heavy atom. The number of fused-ring (bicyclic) bond motifs is 1. The monoisotopic (exact) mass is 522 g/mol. The average Bonchev–Trinajstić information content (AvgIpc) is 3.49. The third-order valence-electron chi connectivity index (χ3n) is 7.67. The summed E-state index contributed by atoms with van der Waals surface area (Å²) in [7, 11) is 0. The van der Waals surface area contributed by atoms with E-state index in [-0.39, 0.29) is 17.7 Å². The number of hydrogen-bond acceptors (Lipinski definition) is 8. The van der Waals surface area contributed by atoms with Gasteiger partial charge in [0.25, 0.3) is 0 Å². The molecule has 37 heavy (non-hydrogen) atoms. The first kappa shape index (κ1) is 24.1. The van der Waals surface area contributed by atoms with Gasteiger partial charge in [-0.3, -0.25) is 9.51 Å². The van der Waals surface area contributed by atoms with Crippen molar-refractivity contribution >= 4 is 28.7 Å². The molecule has 194 valence electrons. The molecule has 1 atom stereocenters. The Labute approximate surface area is 219 Å². The van der Waals surface area contributed by atoms with Crippen molar-refractivity contribution in [3.8, 4) is 22.9 Å². The fourth-order valence-corrected chi connectivity index (χ4v) is 5.78. The lowest BCUT2D eigenvalue weighted by Gasteiger charge is -2.36. The largest absolute Gasteiger partial charge is 0.439 e. The number of piperazine rings is 1. The molecule has 0 radical (unpaired) electrons. The third kappa shape index (κ3) is 4.75. The van der Waals surface area contributed by atoms with E-state index >= 15 is 0 Å². The van der Waals surface area contributed by atoms with Crippen molar-refractivity contribution in [3.05, 3.63) is 39.8 Å². The van der Waals surface area contributed by atoms with E-state index in [0.29, 0.717) is 22.3 Å². The molecule has 0 spiro atoms. The summed E-state index contributed by atoms with van der Waals surface area (Å²) in [6.07, 6.45) is 4.89. The third-order valence-corrected chi connectivity index (χ3v) is 7.90. The molecule has 0 amide bonds. The molecule has 1 aromatic carbocycles. The van der Waals surface area contributed by atoms with Crippen molar-refractivity contribution in [2.75, 3.05) is 24.5 Å². The van der Waals surface area contributed by atoms with Crippen LogP contribution in [0.4, 0.5) is 5.95 Å². The molecule has 6 rings (SSSR count). The summed E-state index contributed by atoms with van der Waals surface area (Å²) < 4.78 is 7.06. The number of aromatic nitrogens is 6. The topological polar surface area (TPSA) is 118 Å². The van der Waals surface area contributed by atoms with Crippen LogP contribution in [-0.4, -0.2) is 55.3 Å². The lowest BCUT2D eigenvalue weighted by Crippen LogP contribution is -2.51. The highest BCUT2D eigenvalue weighted by Gasteiger charge is 2.29. The maximum atomic E-state index is 11.7. The van der Waals surface area contributed by atoms with E-state index in [0.717, 1.165) is 49.1 Å². The number of imidazole rings is 1. The predicted octanol–water partition coefficient (Wildman–Crippen LogP) is 4.11. The van der Waals surface area contributed by atoms with Crippen molar-refractivity contribution in [2.45, 2.75) is 52.1 Å². The second-order valence-electron chi connectivity index (χ2n) is 10.4. The molecule has 2 N–H and O–H groups in total. The molecular weight excluding hydrogens is 492 g/mol. The van der Waals surface area contributed by atoms with Crippen LogP contribution in [0.5, 0.6) is 0 Å². The molecule has 1 aliphatic carbocycles. The van der Waals surface area contributed by atoms with E-state index in [1.165, 1.54) is 25.7 Å². The highest BCUT2D eigenvalue weighted by molar-refractivity contribution is 6.30. The van der Waals surface area contributed by atoms with Crippen LogP contribution in [-0.2, 0) is 6.54 Å². The van der Waals surface area contributed by atoms with E-state index in [2.05, 4.69) is 38.8 Å². The molecule has 0 unspecified atom stereocenters. The molecule has 2 aliphatic rings. The summed E-state index contributed by atoms with van der Waals surface area (Å²) in [6, 6.07) is 7.91. The fraction of sp³-hybridized carbons (Fsp3) is 0.500. The predicted molar refractivity (Wildman–Crippen MR) is 143 cm³/mol. The minimum Gasteiger partial charge on any atom is -0.337 e. The normalized spacial score (nSPS) is 22.6. The number of rotatable bonds is 5. The number of halogens is 1. The number of aromatic amines is 1. The maximum Gasteiger partial charge on any atom is 0.439 e. The molecule has 3 aromatic heterocycles. The van der Waals surface area contributed by atoms with Crippen molar-refractivity contribution in [1.82, 2.24) is 35.0 Å². The number of benzene rings is 1. The van der Waals surface area contributed by atoms with Crippen LogP contribution >= 0.6 is 11.6 Å². The summed E-state index contributed by atoms with van der Waals surface area (Å²) in [4.78, 5) is 31.4. The summed E-state index contributed by atoms with van der Waals surface area (Å²) in [5.74, 6) is 2.01. The van der Waals surface area contributed by atoms with E-state index in [1.807, 2.05) is 24.3 Å². The van der Waals surface area contributed by atoms with Gasteiger partial charge in [0.15, 0.2) is 5.65 Å². The number of H-pyrrole nitrogens is 1.